The summed E-state index contributed by atoms with van der Waals surface area (Å²) in [4.78, 5) is 0. The van der Waals surface area contributed by atoms with Gasteiger partial charge in [0.05, 0.1) is 5.60 Å². The molecule has 100 valence electrons. The minimum atomic E-state index is -0.552. The van der Waals surface area contributed by atoms with Crippen LogP contribution in [0.1, 0.15) is 50.2 Å². The lowest BCUT2D eigenvalue weighted by Crippen LogP contribution is -2.30. The zero-order valence-corrected chi connectivity index (χ0v) is 12.1. The summed E-state index contributed by atoms with van der Waals surface area (Å²) in [7, 11) is 0. The van der Waals surface area contributed by atoms with Gasteiger partial charge >= 0.3 is 0 Å². The Morgan fingerprint density at radius 2 is 2.11 bits per heavy atom. The summed E-state index contributed by atoms with van der Waals surface area (Å²) in [6.07, 6.45) is 5.99. The van der Waals surface area contributed by atoms with Gasteiger partial charge in [-0.25, -0.2) is 0 Å². The van der Waals surface area contributed by atoms with E-state index in [9.17, 15) is 5.11 Å². The van der Waals surface area contributed by atoms with E-state index < -0.39 is 5.60 Å². The monoisotopic (exact) mass is 266 g/mol. The predicted molar refractivity (Wildman–Crippen MR) is 77.1 cm³/mol. The molecule has 1 aliphatic rings. The van der Waals surface area contributed by atoms with Gasteiger partial charge in [0.2, 0.25) is 0 Å². The first-order chi connectivity index (χ1) is 8.48. The number of aliphatic hydroxyl groups is 1. The summed E-state index contributed by atoms with van der Waals surface area (Å²) in [6, 6.07) is 6.12. The largest absolute Gasteiger partial charge is 0.390 e. The third-order valence-corrected chi connectivity index (χ3v) is 4.52. The smallest absolute Gasteiger partial charge is 0.0688 e. The van der Waals surface area contributed by atoms with Crippen LogP contribution in [-0.4, -0.2) is 10.7 Å². The van der Waals surface area contributed by atoms with Crippen molar-refractivity contribution in [2.24, 2.45) is 5.92 Å². The van der Waals surface area contributed by atoms with Gasteiger partial charge in [0.15, 0.2) is 0 Å². The molecular formula is C16H23ClO. The summed E-state index contributed by atoms with van der Waals surface area (Å²) >= 11 is 6.27. The molecule has 0 aromatic heterocycles. The van der Waals surface area contributed by atoms with E-state index in [4.69, 9.17) is 11.6 Å². The maximum absolute atomic E-state index is 10.8. The third kappa shape index (κ3) is 3.49. The van der Waals surface area contributed by atoms with Crippen molar-refractivity contribution in [3.8, 4) is 0 Å². The lowest BCUT2D eigenvalue weighted by atomic mass is 9.87. The van der Waals surface area contributed by atoms with Crippen LogP contribution in [0, 0.1) is 12.8 Å². The average Bonchev–Trinajstić information content (AvgIpc) is 2.46. The van der Waals surface area contributed by atoms with E-state index in [1.807, 2.05) is 13.0 Å². The number of benzene rings is 1. The quantitative estimate of drug-likeness (QED) is 0.780. The fraction of sp³-hybridized carbons (Fsp3) is 0.625. The number of hydrogen-bond donors (Lipinski definition) is 1. The van der Waals surface area contributed by atoms with Gasteiger partial charge < -0.3 is 5.11 Å². The Morgan fingerprint density at radius 3 is 2.83 bits per heavy atom. The minimum absolute atomic E-state index is 0.552. The van der Waals surface area contributed by atoms with Gasteiger partial charge in [-0.05, 0) is 49.3 Å². The molecule has 2 heteroatoms. The van der Waals surface area contributed by atoms with Crippen molar-refractivity contribution in [3.63, 3.8) is 0 Å². The predicted octanol–water partition coefficient (Wildman–Crippen LogP) is 4.52. The lowest BCUT2D eigenvalue weighted by Gasteiger charge is -2.27. The minimum Gasteiger partial charge on any atom is -0.390 e. The maximum atomic E-state index is 10.8. The van der Waals surface area contributed by atoms with Gasteiger partial charge in [-0.3, -0.25) is 0 Å². The third-order valence-electron chi connectivity index (χ3n) is 4.17. The number of hydrogen-bond acceptors (Lipinski definition) is 1. The van der Waals surface area contributed by atoms with Crippen molar-refractivity contribution in [1.82, 2.24) is 0 Å². The highest BCUT2D eigenvalue weighted by atomic mass is 35.5. The van der Waals surface area contributed by atoms with E-state index >= 15 is 0 Å². The molecule has 1 saturated carbocycles. The molecule has 0 aliphatic heterocycles. The molecule has 1 aliphatic carbocycles. The highest BCUT2D eigenvalue weighted by Gasteiger charge is 2.30. The first kappa shape index (κ1) is 13.9. The van der Waals surface area contributed by atoms with Crippen LogP contribution in [0.2, 0.25) is 5.02 Å². The molecule has 0 bridgehead atoms. The maximum Gasteiger partial charge on any atom is 0.0688 e. The Bertz CT molecular complexity index is 416. The fourth-order valence-corrected chi connectivity index (χ4v) is 3.19. The SMILES string of the molecule is Cc1ccc(CC2(O)CCCC(C)CC2)c(Cl)c1. The molecular weight excluding hydrogens is 244 g/mol. The molecule has 18 heavy (non-hydrogen) atoms. The van der Waals surface area contributed by atoms with Crippen LogP contribution < -0.4 is 0 Å². The Kier molecular flexibility index (Phi) is 4.34. The molecule has 0 heterocycles. The lowest BCUT2D eigenvalue weighted by molar-refractivity contribution is 0.0244. The molecule has 0 amide bonds. The van der Waals surface area contributed by atoms with Gasteiger partial charge in [0.25, 0.3) is 0 Å². The first-order valence-corrected chi connectivity index (χ1v) is 7.34. The van der Waals surface area contributed by atoms with E-state index in [0.717, 1.165) is 42.2 Å². The topological polar surface area (TPSA) is 20.2 Å². The van der Waals surface area contributed by atoms with Crippen LogP contribution in [-0.2, 0) is 6.42 Å². The number of halogens is 1. The Labute approximate surface area is 115 Å². The van der Waals surface area contributed by atoms with Crippen LogP contribution >= 0.6 is 11.6 Å². The van der Waals surface area contributed by atoms with Crippen molar-refractivity contribution in [2.45, 2.75) is 58.0 Å². The van der Waals surface area contributed by atoms with Crippen molar-refractivity contribution in [1.29, 1.82) is 0 Å². The average molecular weight is 267 g/mol. The van der Waals surface area contributed by atoms with Crippen LogP contribution in [0.15, 0.2) is 18.2 Å². The van der Waals surface area contributed by atoms with E-state index in [2.05, 4.69) is 19.1 Å². The zero-order valence-electron chi connectivity index (χ0n) is 11.4. The van der Waals surface area contributed by atoms with Gasteiger partial charge in [-0.1, -0.05) is 43.5 Å². The van der Waals surface area contributed by atoms with E-state index in [1.54, 1.807) is 0 Å². The summed E-state index contributed by atoms with van der Waals surface area (Å²) < 4.78 is 0. The molecule has 2 unspecified atom stereocenters. The molecule has 0 saturated heterocycles. The Balaban J connectivity index is 2.11. The number of aryl methyl sites for hydroxylation is 1. The fourth-order valence-electron chi connectivity index (χ4n) is 2.89. The van der Waals surface area contributed by atoms with E-state index in [1.165, 1.54) is 12.0 Å². The second-order valence-corrected chi connectivity index (χ2v) is 6.44. The Hall–Kier alpha value is -0.530. The normalized spacial score (nSPS) is 29.0. The molecule has 1 fully saturated rings. The van der Waals surface area contributed by atoms with E-state index in [0.29, 0.717) is 6.42 Å². The van der Waals surface area contributed by atoms with Crippen molar-refractivity contribution >= 4 is 11.6 Å². The van der Waals surface area contributed by atoms with Crippen molar-refractivity contribution < 1.29 is 5.11 Å². The van der Waals surface area contributed by atoms with E-state index in [-0.39, 0.29) is 0 Å². The second-order valence-electron chi connectivity index (χ2n) is 6.03. The summed E-state index contributed by atoms with van der Waals surface area (Å²) in [5.41, 5.74) is 1.70. The number of rotatable bonds is 2. The van der Waals surface area contributed by atoms with Gasteiger partial charge in [0, 0.05) is 11.4 Å². The summed E-state index contributed by atoms with van der Waals surface area (Å²) in [5, 5.41) is 11.5. The van der Waals surface area contributed by atoms with Crippen LogP contribution in [0.5, 0.6) is 0 Å². The molecule has 1 nitrogen and oxygen atoms in total. The highest BCUT2D eigenvalue weighted by Crippen LogP contribution is 2.34. The Morgan fingerprint density at radius 1 is 1.33 bits per heavy atom. The molecule has 1 aromatic rings. The summed E-state index contributed by atoms with van der Waals surface area (Å²) in [6.45, 7) is 4.32. The van der Waals surface area contributed by atoms with Gasteiger partial charge in [-0.15, -0.1) is 0 Å². The van der Waals surface area contributed by atoms with Crippen LogP contribution in [0.3, 0.4) is 0 Å². The van der Waals surface area contributed by atoms with Crippen molar-refractivity contribution in [2.75, 3.05) is 0 Å². The van der Waals surface area contributed by atoms with Gasteiger partial charge in [-0.2, -0.15) is 0 Å². The molecule has 0 radical (unpaired) electrons. The van der Waals surface area contributed by atoms with Gasteiger partial charge in [0.1, 0.15) is 0 Å². The molecule has 1 aromatic carbocycles. The second kappa shape index (κ2) is 5.63. The molecule has 2 atom stereocenters. The zero-order chi connectivity index (χ0) is 13.2. The molecule has 2 rings (SSSR count). The molecule has 0 spiro atoms. The van der Waals surface area contributed by atoms with Crippen LogP contribution in [0.25, 0.3) is 0 Å². The first-order valence-electron chi connectivity index (χ1n) is 6.96. The highest BCUT2D eigenvalue weighted by molar-refractivity contribution is 6.31. The standard InChI is InChI=1S/C16H23ClO/c1-12-4-3-8-16(18,9-7-12)11-14-6-5-13(2)10-15(14)17/h5-6,10,12,18H,3-4,7-9,11H2,1-2H3. The van der Waals surface area contributed by atoms with Crippen molar-refractivity contribution in [3.05, 3.63) is 34.3 Å². The van der Waals surface area contributed by atoms with Crippen LogP contribution in [0.4, 0.5) is 0 Å². The summed E-state index contributed by atoms with van der Waals surface area (Å²) in [5.74, 6) is 0.743. The molecule has 1 N–H and O–H groups in total.